The summed E-state index contributed by atoms with van der Waals surface area (Å²) in [6.45, 7) is 3.08. The molecule has 0 aliphatic carbocycles. The lowest BCUT2D eigenvalue weighted by molar-refractivity contribution is -0.118. The standard InChI is InChI=1S/C18H19FN2O5S/c1-4-25-18(24)14-10(2)15(16(23)20-3)27-17(14)21-13(22)9-26-12-7-5-11(19)6-8-12/h5-8H,4,9H2,1-3H3,(H,20,23)(H,21,22). The minimum atomic E-state index is -0.629. The molecule has 0 spiro atoms. The first-order valence-electron chi connectivity index (χ1n) is 8.08. The van der Waals surface area contributed by atoms with Gasteiger partial charge in [-0.2, -0.15) is 0 Å². The van der Waals surface area contributed by atoms with Gasteiger partial charge < -0.3 is 20.1 Å². The number of esters is 1. The van der Waals surface area contributed by atoms with Crippen molar-refractivity contribution in [2.45, 2.75) is 13.8 Å². The molecule has 2 rings (SSSR count). The van der Waals surface area contributed by atoms with E-state index >= 15 is 0 Å². The third-order valence-corrected chi connectivity index (χ3v) is 4.70. The first-order chi connectivity index (χ1) is 12.9. The molecule has 0 saturated carbocycles. The fourth-order valence-corrected chi connectivity index (χ4v) is 3.38. The third-order valence-electron chi connectivity index (χ3n) is 3.50. The Kier molecular flexibility index (Phi) is 6.89. The molecule has 7 nitrogen and oxygen atoms in total. The molecule has 144 valence electrons. The predicted molar refractivity (Wildman–Crippen MR) is 98.9 cm³/mol. The largest absolute Gasteiger partial charge is 0.484 e. The van der Waals surface area contributed by atoms with Gasteiger partial charge in [0, 0.05) is 7.05 Å². The summed E-state index contributed by atoms with van der Waals surface area (Å²) in [6, 6.07) is 5.21. The Balaban J connectivity index is 2.17. The quantitative estimate of drug-likeness (QED) is 0.705. The number of hydrogen-bond donors (Lipinski definition) is 2. The lowest BCUT2D eigenvalue weighted by Gasteiger charge is -2.08. The van der Waals surface area contributed by atoms with Crippen LogP contribution in [-0.2, 0) is 9.53 Å². The van der Waals surface area contributed by atoms with Crippen LogP contribution >= 0.6 is 11.3 Å². The number of carbonyl (C=O) groups is 3. The van der Waals surface area contributed by atoms with Crippen molar-refractivity contribution in [3.8, 4) is 5.75 Å². The topological polar surface area (TPSA) is 93.7 Å². The van der Waals surface area contributed by atoms with Crippen LogP contribution in [0.2, 0.25) is 0 Å². The van der Waals surface area contributed by atoms with Gasteiger partial charge in [-0.1, -0.05) is 0 Å². The maximum atomic E-state index is 12.9. The number of rotatable bonds is 7. The zero-order valence-electron chi connectivity index (χ0n) is 15.1. The average molecular weight is 394 g/mol. The summed E-state index contributed by atoms with van der Waals surface area (Å²) in [4.78, 5) is 36.7. The molecule has 1 aromatic heterocycles. The molecule has 9 heteroatoms. The number of halogens is 1. The van der Waals surface area contributed by atoms with E-state index in [0.29, 0.717) is 16.2 Å². The van der Waals surface area contributed by atoms with Crippen LogP contribution in [0.25, 0.3) is 0 Å². The number of carbonyl (C=O) groups excluding carboxylic acids is 3. The van der Waals surface area contributed by atoms with Crippen molar-refractivity contribution in [2.24, 2.45) is 0 Å². The van der Waals surface area contributed by atoms with Gasteiger partial charge in [0.15, 0.2) is 6.61 Å². The van der Waals surface area contributed by atoms with Gasteiger partial charge in [-0.3, -0.25) is 9.59 Å². The molecule has 0 saturated heterocycles. The number of hydrogen-bond acceptors (Lipinski definition) is 6. The van der Waals surface area contributed by atoms with E-state index in [9.17, 15) is 18.8 Å². The number of nitrogens with one attached hydrogen (secondary N) is 2. The Labute approximate surface area is 159 Å². The molecule has 1 aromatic carbocycles. The smallest absolute Gasteiger partial charge is 0.341 e. The molecule has 0 atom stereocenters. The second-order valence-corrected chi connectivity index (χ2v) is 6.37. The monoisotopic (exact) mass is 394 g/mol. The van der Waals surface area contributed by atoms with Gasteiger partial charge in [-0.25, -0.2) is 9.18 Å². The Bertz CT molecular complexity index is 848. The maximum absolute atomic E-state index is 12.9. The van der Waals surface area contributed by atoms with Gasteiger partial charge in [0.1, 0.15) is 16.6 Å². The molecule has 0 radical (unpaired) electrons. The molecular weight excluding hydrogens is 375 g/mol. The highest BCUT2D eigenvalue weighted by Crippen LogP contribution is 2.33. The van der Waals surface area contributed by atoms with Crippen LogP contribution < -0.4 is 15.4 Å². The Morgan fingerprint density at radius 3 is 2.44 bits per heavy atom. The summed E-state index contributed by atoms with van der Waals surface area (Å²) in [5.41, 5.74) is 0.558. The van der Waals surface area contributed by atoms with E-state index in [4.69, 9.17) is 9.47 Å². The number of ether oxygens (including phenoxy) is 2. The van der Waals surface area contributed by atoms with E-state index in [1.165, 1.54) is 31.3 Å². The van der Waals surface area contributed by atoms with Crippen LogP contribution in [-0.4, -0.2) is 38.0 Å². The Morgan fingerprint density at radius 2 is 1.85 bits per heavy atom. The van der Waals surface area contributed by atoms with Crippen molar-refractivity contribution < 1.29 is 28.2 Å². The van der Waals surface area contributed by atoms with Crippen molar-refractivity contribution in [3.63, 3.8) is 0 Å². The molecule has 0 aliphatic heterocycles. The van der Waals surface area contributed by atoms with Crippen LogP contribution in [0.5, 0.6) is 5.75 Å². The highest BCUT2D eigenvalue weighted by atomic mass is 32.1. The number of benzene rings is 1. The van der Waals surface area contributed by atoms with E-state index in [0.717, 1.165) is 11.3 Å². The minimum Gasteiger partial charge on any atom is -0.484 e. The first-order valence-corrected chi connectivity index (χ1v) is 8.89. The molecule has 27 heavy (non-hydrogen) atoms. The van der Waals surface area contributed by atoms with Crippen molar-refractivity contribution in [1.29, 1.82) is 0 Å². The van der Waals surface area contributed by atoms with Crippen molar-refractivity contribution >= 4 is 34.1 Å². The van der Waals surface area contributed by atoms with Crippen LogP contribution in [0.3, 0.4) is 0 Å². The van der Waals surface area contributed by atoms with Crippen LogP contribution in [0.4, 0.5) is 9.39 Å². The summed E-state index contributed by atoms with van der Waals surface area (Å²) in [5.74, 6) is -1.62. The fraction of sp³-hybridized carbons (Fsp3) is 0.278. The second kappa shape index (κ2) is 9.13. The summed E-state index contributed by atoms with van der Waals surface area (Å²) in [7, 11) is 1.47. The van der Waals surface area contributed by atoms with E-state index < -0.39 is 17.7 Å². The van der Waals surface area contributed by atoms with E-state index in [1.54, 1.807) is 13.8 Å². The first kappa shape index (κ1) is 20.4. The molecule has 2 aromatic rings. The summed E-state index contributed by atoms with van der Waals surface area (Å²) in [6.07, 6.45) is 0. The van der Waals surface area contributed by atoms with E-state index in [2.05, 4.69) is 10.6 Å². The predicted octanol–water partition coefficient (Wildman–Crippen LogP) is 2.75. The summed E-state index contributed by atoms with van der Waals surface area (Å²) in [5, 5.41) is 5.27. The Hall–Kier alpha value is -2.94. The zero-order valence-corrected chi connectivity index (χ0v) is 15.9. The van der Waals surface area contributed by atoms with Gasteiger partial charge >= 0.3 is 5.97 Å². The third kappa shape index (κ3) is 5.04. The number of amides is 2. The van der Waals surface area contributed by atoms with Crippen molar-refractivity contribution in [2.75, 3.05) is 25.6 Å². The molecule has 1 heterocycles. The second-order valence-electron chi connectivity index (χ2n) is 5.35. The Morgan fingerprint density at radius 1 is 1.19 bits per heavy atom. The average Bonchev–Trinajstić information content (AvgIpc) is 2.96. The van der Waals surface area contributed by atoms with Crippen molar-refractivity contribution in [1.82, 2.24) is 5.32 Å². The van der Waals surface area contributed by atoms with Crippen LogP contribution in [0.1, 0.15) is 32.5 Å². The molecule has 0 fully saturated rings. The molecule has 0 aliphatic rings. The van der Waals surface area contributed by atoms with E-state index in [1.807, 2.05) is 0 Å². The molecular formula is C18H19FN2O5S. The van der Waals surface area contributed by atoms with Gasteiger partial charge in [0.05, 0.1) is 17.0 Å². The number of anilines is 1. The highest BCUT2D eigenvalue weighted by molar-refractivity contribution is 7.18. The molecule has 0 bridgehead atoms. The lowest BCUT2D eigenvalue weighted by Crippen LogP contribution is -2.21. The van der Waals surface area contributed by atoms with Gasteiger partial charge in [0.2, 0.25) is 0 Å². The fourth-order valence-electron chi connectivity index (χ4n) is 2.22. The highest BCUT2D eigenvalue weighted by Gasteiger charge is 2.26. The molecule has 2 N–H and O–H groups in total. The molecule has 0 unspecified atom stereocenters. The SMILES string of the molecule is CCOC(=O)c1c(NC(=O)COc2ccc(F)cc2)sc(C(=O)NC)c1C. The van der Waals surface area contributed by atoms with E-state index in [-0.39, 0.29) is 29.7 Å². The lowest BCUT2D eigenvalue weighted by atomic mass is 10.1. The van der Waals surface area contributed by atoms with Gasteiger partial charge in [-0.05, 0) is 43.7 Å². The van der Waals surface area contributed by atoms with Crippen molar-refractivity contribution in [3.05, 3.63) is 46.1 Å². The zero-order chi connectivity index (χ0) is 20.0. The maximum Gasteiger partial charge on any atom is 0.341 e. The minimum absolute atomic E-state index is 0.135. The summed E-state index contributed by atoms with van der Waals surface area (Å²) < 4.78 is 23.2. The van der Waals surface area contributed by atoms with Crippen LogP contribution in [0, 0.1) is 12.7 Å². The van der Waals surface area contributed by atoms with Crippen LogP contribution in [0.15, 0.2) is 24.3 Å². The normalized spacial score (nSPS) is 10.2. The molecule has 2 amide bonds. The van der Waals surface area contributed by atoms with Gasteiger partial charge in [-0.15, -0.1) is 11.3 Å². The number of thiophene rings is 1. The summed E-state index contributed by atoms with van der Waals surface area (Å²) >= 11 is 0.975. The van der Waals surface area contributed by atoms with Gasteiger partial charge in [0.25, 0.3) is 11.8 Å².